The van der Waals surface area contributed by atoms with Gasteiger partial charge in [-0.2, -0.15) is 0 Å². The standard InChI is InChI=1S/C22H30N6O/c1-17-4-5-18(2)19(14-17)22(29)28-12-10-27(11-13-28)21-15-20(23-16-24-21)26-8-6-25(3)7-9-26/h4-5,14-16H,6-13H2,1-3H3. The Balaban J connectivity index is 1.40. The van der Waals surface area contributed by atoms with Crippen molar-refractivity contribution >= 4 is 17.5 Å². The van der Waals surface area contributed by atoms with Crippen LogP contribution in [0.3, 0.4) is 0 Å². The number of piperazine rings is 2. The first-order valence-corrected chi connectivity index (χ1v) is 10.4. The molecule has 2 aromatic rings. The van der Waals surface area contributed by atoms with Gasteiger partial charge in [0.1, 0.15) is 18.0 Å². The van der Waals surface area contributed by atoms with Crippen molar-refractivity contribution in [3.05, 3.63) is 47.3 Å². The molecule has 1 aromatic heterocycles. The number of nitrogens with zero attached hydrogens (tertiary/aromatic N) is 6. The minimum atomic E-state index is 0.131. The van der Waals surface area contributed by atoms with Crippen molar-refractivity contribution in [3.8, 4) is 0 Å². The number of benzene rings is 1. The molecule has 1 aromatic carbocycles. The third-order valence-electron chi connectivity index (χ3n) is 5.98. The second-order valence-electron chi connectivity index (χ2n) is 8.12. The van der Waals surface area contributed by atoms with Crippen molar-refractivity contribution in [1.82, 2.24) is 19.8 Å². The SMILES string of the molecule is Cc1ccc(C)c(C(=O)N2CCN(c3cc(N4CCN(C)CC4)ncn3)CC2)c1. The average Bonchev–Trinajstić information content (AvgIpc) is 2.76. The minimum absolute atomic E-state index is 0.131. The van der Waals surface area contributed by atoms with Crippen LogP contribution in [-0.4, -0.2) is 85.1 Å². The summed E-state index contributed by atoms with van der Waals surface area (Å²) in [7, 11) is 2.15. The lowest BCUT2D eigenvalue weighted by Crippen LogP contribution is -2.49. The Bertz CT molecular complexity index is 869. The Morgan fingerprint density at radius 3 is 2.03 bits per heavy atom. The van der Waals surface area contributed by atoms with Gasteiger partial charge >= 0.3 is 0 Å². The van der Waals surface area contributed by atoms with Crippen molar-refractivity contribution in [3.63, 3.8) is 0 Å². The highest BCUT2D eigenvalue weighted by molar-refractivity contribution is 5.96. The van der Waals surface area contributed by atoms with E-state index >= 15 is 0 Å². The lowest BCUT2D eigenvalue weighted by atomic mass is 10.0. The highest BCUT2D eigenvalue weighted by atomic mass is 16.2. The van der Waals surface area contributed by atoms with Crippen LogP contribution in [0.4, 0.5) is 11.6 Å². The van der Waals surface area contributed by atoms with Crippen LogP contribution < -0.4 is 9.80 Å². The van der Waals surface area contributed by atoms with E-state index in [1.54, 1.807) is 6.33 Å². The van der Waals surface area contributed by atoms with E-state index in [4.69, 9.17) is 0 Å². The number of likely N-dealkylation sites (N-methyl/N-ethyl adjacent to an activating group) is 1. The summed E-state index contributed by atoms with van der Waals surface area (Å²) >= 11 is 0. The number of hydrogen-bond acceptors (Lipinski definition) is 6. The van der Waals surface area contributed by atoms with Gasteiger partial charge in [0, 0.05) is 64.0 Å². The molecular weight excluding hydrogens is 364 g/mol. The molecule has 3 heterocycles. The van der Waals surface area contributed by atoms with Gasteiger partial charge in [-0.3, -0.25) is 4.79 Å². The maximum absolute atomic E-state index is 13.0. The second-order valence-corrected chi connectivity index (χ2v) is 8.12. The van der Waals surface area contributed by atoms with Crippen molar-refractivity contribution in [1.29, 1.82) is 0 Å². The van der Waals surface area contributed by atoms with E-state index in [0.29, 0.717) is 13.1 Å². The molecule has 29 heavy (non-hydrogen) atoms. The molecule has 2 saturated heterocycles. The smallest absolute Gasteiger partial charge is 0.254 e. The molecule has 0 saturated carbocycles. The molecule has 0 aliphatic carbocycles. The number of carbonyl (C=O) groups is 1. The van der Waals surface area contributed by atoms with E-state index in [2.05, 4.69) is 43.8 Å². The molecule has 2 aliphatic heterocycles. The summed E-state index contributed by atoms with van der Waals surface area (Å²) in [6.45, 7) is 11.1. The number of aromatic nitrogens is 2. The molecular formula is C22H30N6O. The quantitative estimate of drug-likeness (QED) is 0.791. The Morgan fingerprint density at radius 1 is 0.828 bits per heavy atom. The van der Waals surface area contributed by atoms with E-state index < -0.39 is 0 Å². The molecule has 2 fully saturated rings. The number of carbonyl (C=O) groups excluding carboxylic acids is 1. The maximum atomic E-state index is 13.0. The highest BCUT2D eigenvalue weighted by Crippen LogP contribution is 2.21. The van der Waals surface area contributed by atoms with E-state index in [0.717, 1.165) is 67.6 Å². The first-order valence-electron chi connectivity index (χ1n) is 10.4. The number of rotatable bonds is 3. The zero-order valence-corrected chi connectivity index (χ0v) is 17.6. The summed E-state index contributed by atoms with van der Waals surface area (Å²) < 4.78 is 0. The zero-order valence-electron chi connectivity index (χ0n) is 17.6. The molecule has 7 heteroatoms. The Morgan fingerprint density at radius 2 is 1.41 bits per heavy atom. The van der Waals surface area contributed by atoms with Crippen molar-refractivity contribution in [2.75, 3.05) is 69.2 Å². The topological polar surface area (TPSA) is 55.8 Å². The Kier molecular flexibility index (Phi) is 5.67. The third-order valence-corrected chi connectivity index (χ3v) is 5.98. The molecule has 7 nitrogen and oxygen atoms in total. The van der Waals surface area contributed by atoms with E-state index in [1.165, 1.54) is 0 Å². The number of hydrogen-bond donors (Lipinski definition) is 0. The lowest BCUT2D eigenvalue weighted by molar-refractivity contribution is 0.0745. The Labute approximate surface area is 172 Å². The molecule has 1 amide bonds. The monoisotopic (exact) mass is 394 g/mol. The van der Waals surface area contributed by atoms with E-state index in [1.807, 2.05) is 30.9 Å². The molecule has 154 valence electrons. The fourth-order valence-electron chi connectivity index (χ4n) is 3.99. The normalized spacial score (nSPS) is 18.2. The van der Waals surface area contributed by atoms with Gasteiger partial charge in [-0.25, -0.2) is 9.97 Å². The fraction of sp³-hybridized carbons (Fsp3) is 0.500. The summed E-state index contributed by atoms with van der Waals surface area (Å²) in [4.78, 5) is 30.8. The lowest BCUT2D eigenvalue weighted by Gasteiger charge is -2.36. The predicted molar refractivity (Wildman–Crippen MR) is 116 cm³/mol. The largest absolute Gasteiger partial charge is 0.354 e. The van der Waals surface area contributed by atoms with Crippen molar-refractivity contribution in [2.45, 2.75) is 13.8 Å². The fourth-order valence-corrected chi connectivity index (χ4v) is 3.99. The van der Waals surface area contributed by atoms with Crippen LogP contribution in [0.25, 0.3) is 0 Å². The summed E-state index contributed by atoms with van der Waals surface area (Å²) in [6, 6.07) is 8.17. The predicted octanol–water partition coefficient (Wildman–Crippen LogP) is 1.81. The number of amides is 1. The second kappa shape index (κ2) is 8.37. The van der Waals surface area contributed by atoms with Crippen LogP contribution in [0, 0.1) is 13.8 Å². The molecule has 0 atom stereocenters. The van der Waals surface area contributed by atoms with E-state index in [-0.39, 0.29) is 5.91 Å². The van der Waals surface area contributed by atoms with Crippen LogP contribution in [0.1, 0.15) is 21.5 Å². The first-order chi connectivity index (χ1) is 14.0. The summed E-state index contributed by atoms with van der Waals surface area (Å²) in [5, 5.41) is 0. The van der Waals surface area contributed by atoms with Gasteiger partial charge in [0.15, 0.2) is 0 Å². The molecule has 0 unspecified atom stereocenters. The minimum Gasteiger partial charge on any atom is -0.354 e. The third kappa shape index (κ3) is 4.34. The summed E-state index contributed by atoms with van der Waals surface area (Å²) in [5.41, 5.74) is 2.98. The van der Waals surface area contributed by atoms with Gasteiger partial charge in [-0.05, 0) is 32.5 Å². The van der Waals surface area contributed by atoms with Gasteiger partial charge < -0.3 is 19.6 Å². The van der Waals surface area contributed by atoms with Gasteiger partial charge in [-0.15, -0.1) is 0 Å². The van der Waals surface area contributed by atoms with Crippen LogP contribution in [0.5, 0.6) is 0 Å². The number of anilines is 2. The van der Waals surface area contributed by atoms with Crippen LogP contribution in [0.15, 0.2) is 30.6 Å². The molecule has 0 bridgehead atoms. The van der Waals surface area contributed by atoms with Crippen LogP contribution in [-0.2, 0) is 0 Å². The first kappa shape index (κ1) is 19.6. The summed E-state index contributed by atoms with van der Waals surface area (Å²) in [5.74, 6) is 2.08. The van der Waals surface area contributed by atoms with Gasteiger partial charge in [-0.1, -0.05) is 17.7 Å². The molecule has 4 rings (SSSR count). The zero-order chi connectivity index (χ0) is 20.4. The molecule has 0 N–H and O–H groups in total. The highest BCUT2D eigenvalue weighted by Gasteiger charge is 2.25. The van der Waals surface area contributed by atoms with Crippen molar-refractivity contribution in [2.24, 2.45) is 0 Å². The molecule has 0 spiro atoms. The van der Waals surface area contributed by atoms with E-state index in [9.17, 15) is 4.79 Å². The van der Waals surface area contributed by atoms with Gasteiger partial charge in [0.2, 0.25) is 0 Å². The molecule has 2 aliphatic rings. The number of aryl methyl sites for hydroxylation is 2. The summed E-state index contributed by atoms with van der Waals surface area (Å²) in [6.07, 6.45) is 1.66. The van der Waals surface area contributed by atoms with Crippen LogP contribution >= 0.6 is 0 Å². The van der Waals surface area contributed by atoms with Gasteiger partial charge in [0.25, 0.3) is 5.91 Å². The molecule has 0 radical (unpaired) electrons. The maximum Gasteiger partial charge on any atom is 0.254 e. The van der Waals surface area contributed by atoms with Crippen LogP contribution in [0.2, 0.25) is 0 Å². The average molecular weight is 395 g/mol. The van der Waals surface area contributed by atoms with Crippen molar-refractivity contribution < 1.29 is 4.79 Å². The van der Waals surface area contributed by atoms with Gasteiger partial charge in [0.05, 0.1) is 0 Å². The Hall–Kier alpha value is -2.67.